The Bertz CT molecular complexity index is 3030. The fourth-order valence-corrected chi connectivity index (χ4v) is 11.5. The number of nitrogen functional groups attached to an aromatic ring is 4. The first-order valence-corrected chi connectivity index (χ1v) is 30.7. The Balaban J connectivity index is 0.000000208. The molecule has 4 aromatic rings. The average Bonchev–Trinajstić information content (AvgIpc) is 2.43. The van der Waals surface area contributed by atoms with Crippen LogP contribution in [0.5, 0.6) is 0 Å². The molecule has 0 saturated carbocycles. The Labute approximate surface area is 494 Å². The van der Waals surface area contributed by atoms with Crippen molar-refractivity contribution in [2.75, 3.05) is 79.8 Å². The lowest BCUT2D eigenvalue weighted by molar-refractivity contribution is -0.0559. The summed E-state index contributed by atoms with van der Waals surface area (Å²) in [4.78, 5) is 82.2. The van der Waals surface area contributed by atoms with Gasteiger partial charge in [-0.3, -0.25) is 31.8 Å². The summed E-state index contributed by atoms with van der Waals surface area (Å²) < 4.78 is 92.9. The number of nitrogens with two attached hydrogens (primary N) is 4. The molecule has 0 radical (unpaired) electrons. The summed E-state index contributed by atoms with van der Waals surface area (Å²) >= 11 is 4.89. The molecular formula is C49H80N12O21P2S. The van der Waals surface area contributed by atoms with Gasteiger partial charge in [0.05, 0.1) is 24.4 Å². The van der Waals surface area contributed by atoms with Gasteiger partial charge in [-0.25, -0.2) is 23.7 Å². The normalized spacial score (nSPS) is 30.2. The Kier molecular flexibility index (Phi) is 26.4. The Morgan fingerprint density at radius 1 is 0.482 bits per heavy atom. The van der Waals surface area contributed by atoms with E-state index in [4.69, 9.17) is 95.7 Å². The van der Waals surface area contributed by atoms with E-state index < -0.39 is 98.8 Å². The molecule has 18 atom stereocenters. The van der Waals surface area contributed by atoms with E-state index in [9.17, 15) is 33.5 Å². The quantitative estimate of drug-likeness (QED) is 0.0679. The maximum atomic E-state index is 12.0. The summed E-state index contributed by atoms with van der Waals surface area (Å²) in [6.07, 6.45) is 0.450. The van der Waals surface area contributed by atoms with Crippen molar-refractivity contribution in [3.63, 3.8) is 0 Å². The van der Waals surface area contributed by atoms with E-state index in [2.05, 4.69) is 24.5 Å². The van der Waals surface area contributed by atoms with Gasteiger partial charge in [0.2, 0.25) is 0 Å². The van der Waals surface area contributed by atoms with E-state index in [-0.39, 0.29) is 59.9 Å². The van der Waals surface area contributed by atoms with Crippen molar-refractivity contribution in [2.24, 2.45) is 0 Å². The minimum Gasteiger partial charge on any atom is -0.383 e. The lowest BCUT2D eigenvalue weighted by Crippen LogP contribution is -2.38. The van der Waals surface area contributed by atoms with Gasteiger partial charge in [0.25, 0.3) is 0 Å². The number of aryl methyl sites for hydroxylation is 1. The van der Waals surface area contributed by atoms with Crippen molar-refractivity contribution in [3.8, 4) is 0 Å². The van der Waals surface area contributed by atoms with Crippen LogP contribution in [0.25, 0.3) is 0 Å². The van der Waals surface area contributed by atoms with Crippen molar-refractivity contribution in [1.82, 2.24) is 38.2 Å². The molecule has 4 fully saturated rings. The number of phosphoric acid groups is 1. The average molecular weight is 1270 g/mol. The van der Waals surface area contributed by atoms with Gasteiger partial charge in [-0.15, -0.1) is 0 Å². The largest absolute Gasteiger partial charge is 0.472 e. The van der Waals surface area contributed by atoms with Gasteiger partial charge in [-0.05, 0) is 62.6 Å². The highest BCUT2D eigenvalue weighted by molar-refractivity contribution is 8.07. The molecule has 0 aromatic carbocycles. The number of rotatable bonds is 20. The molecule has 0 spiro atoms. The van der Waals surface area contributed by atoms with Gasteiger partial charge < -0.3 is 84.6 Å². The summed E-state index contributed by atoms with van der Waals surface area (Å²) in [7, 11) is 7.30. The maximum absolute atomic E-state index is 12.0. The van der Waals surface area contributed by atoms with Gasteiger partial charge in [-0.1, -0.05) is 27.7 Å². The van der Waals surface area contributed by atoms with Gasteiger partial charge in [0.15, 0.2) is 24.9 Å². The second-order valence-electron chi connectivity index (χ2n) is 19.2. The summed E-state index contributed by atoms with van der Waals surface area (Å²) in [5.41, 5.74) is 20.7. The molecule has 4 saturated heterocycles. The van der Waals surface area contributed by atoms with Gasteiger partial charge >= 0.3 is 37.3 Å². The number of methoxy groups -OCH3 is 6. The molecule has 8 heterocycles. The first-order valence-electron chi connectivity index (χ1n) is 26.6. The Morgan fingerprint density at radius 3 is 1.07 bits per heavy atom. The first-order chi connectivity index (χ1) is 40.3. The molecule has 0 aliphatic carbocycles. The van der Waals surface area contributed by atoms with Gasteiger partial charge in [0, 0.05) is 87.2 Å². The van der Waals surface area contributed by atoms with Crippen molar-refractivity contribution >= 4 is 49.6 Å². The van der Waals surface area contributed by atoms with Crippen LogP contribution in [0.1, 0.15) is 83.9 Å². The van der Waals surface area contributed by atoms with Crippen LogP contribution in [0, 0.1) is 6.92 Å². The summed E-state index contributed by atoms with van der Waals surface area (Å²) in [5.74, 6) is 0.609. The summed E-state index contributed by atoms with van der Waals surface area (Å²) in [6.45, 7) is 6.07. The Morgan fingerprint density at radius 2 is 0.776 bits per heavy atom. The number of nitrogens with zero attached hydrogens (tertiary/aromatic N) is 8. The van der Waals surface area contributed by atoms with E-state index >= 15 is 0 Å². The van der Waals surface area contributed by atoms with Crippen LogP contribution in [-0.2, 0) is 81.8 Å². The highest BCUT2D eigenvalue weighted by Crippen LogP contribution is 2.50. The third-order valence-corrected chi connectivity index (χ3v) is 16.8. The fraction of sp³-hybridized carbons (Fsp3) is 0.673. The standard InChI is InChI=1S/C13H21N3O4.C12H20N3O7P.C12H20N3O6PS.C12H19N3O4/c1-5-8-9(18-3)10(19-4)12(20-8)16-6-7(2)11(14)15-13(16)17;1-4-7-9(22-23(17,18)20-3)10(19-2)11(21-7)15-6-5-8(13)14-12(15)16;1-4-7-9(21-22(17,23)19-3)10(18-2)11(20-7)15-6-5-8(13)14-12(15)16;1-4-7-9(17-2)10(18-3)11(19-7)15-6-5-8(13)14-12(15)16/h6,8-10,12H,5H2,1-4H3,(H2,14,15,17);5-7,9-11H,4H2,1-3H3,(H,17,18)(H2,13,14,16);5-7,9-11H,4H2,1-3H3,(H,17,23)(H2,13,14,16);5-7,9-11H,4H2,1-3H3,(H2,13,14,16)/t8-,9+,10?,12-;7-,9+,10?,11-;7-,9+,10?,11-,22?;7-,9+,10?,11-/m1111/s1. The van der Waals surface area contributed by atoms with Crippen LogP contribution in [0.4, 0.5) is 23.3 Å². The molecule has 85 heavy (non-hydrogen) atoms. The summed E-state index contributed by atoms with van der Waals surface area (Å²) in [5, 5.41) is 0. The molecule has 0 bridgehead atoms. The van der Waals surface area contributed by atoms with Gasteiger partial charge in [0.1, 0.15) is 72.1 Å². The number of anilines is 4. The Hall–Kier alpha value is -5.04. The smallest absolute Gasteiger partial charge is 0.383 e. The number of hydrogen-bond acceptors (Lipinski definition) is 28. The van der Waals surface area contributed by atoms with Crippen LogP contribution in [-0.4, -0.2) is 178 Å². The van der Waals surface area contributed by atoms with Crippen LogP contribution < -0.4 is 45.7 Å². The van der Waals surface area contributed by atoms with Crippen LogP contribution in [0.3, 0.4) is 0 Å². The first kappa shape index (κ1) is 70.7. The van der Waals surface area contributed by atoms with Crippen molar-refractivity contribution < 1.29 is 79.8 Å². The molecule has 36 heteroatoms. The lowest BCUT2D eigenvalue weighted by Gasteiger charge is -2.26. The van der Waals surface area contributed by atoms with Crippen LogP contribution in [0.15, 0.2) is 62.2 Å². The minimum atomic E-state index is -4.24. The van der Waals surface area contributed by atoms with E-state index in [0.29, 0.717) is 12.8 Å². The van der Waals surface area contributed by atoms with E-state index in [1.54, 1.807) is 53.8 Å². The molecule has 8 rings (SSSR count). The summed E-state index contributed by atoms with van der Waals surface area (Å²) in [6, 6.07) is 4.48. The second kappa shape index (κ2) is 31.7. The van der Waals surface area contributed by atoms with E-state index in [1.165, 1.54) is 64.1 Å². The molecule has 6 unspecified atom stereocenters. The lowest BCUT2D eigenvalue weighted by atomic mass is 10.1. The molecular weight excluding hydrogens is 1190 g/mol. The minimum absolute atomic E-state index is 0.0808. The molecule has 0 amide bonds. The number of aromatic nitrogens is 8. The molecule has 33 nitrogen and oxygen atoms in total. The molecule has 4 aliphatic rings. The second-order valence-corrected chi connectivity index (χ2v) is 23.6. The van der Waals surface area contributed by atoms with Crippen LogP contribution >= 0.6 is 14.5 Å². The van der Waals surface area contributed by atoms with E-state index in [0.717, 1.165) is 25.5 Å². The SMILES string of the molecule is CC[C@H]1O[C@@H](n2cc(C)c(N)nc2=O)C(OC)[C@H]1OC.CC[C@H]1O[C@@H](n2ccc(N)nc2=O)C(OC)[C@H]1OC.CC[C@H]1O[C@@H](n2ccc(N)nc2=O)C(OC)[C@H]1OP(=O)(O)OC.CC[C@H]1O[C@@H](n2ccc(N)nc2=O)C(OC)[C@H]1OP(O)(=S)OC. The highest BCUT2D eigenvalue weighted by atomic mass is 32.5. The molecule has 4 aliphatic heterocycles. The molecule has 478 valence electrons. The third kappa shape index (κ3) is 17.0. The number of phosphoric ester groups is 1. The van der Waals surface area contributed by atoms with E-state index in [1.807, 2.05) is 27.7 Å². The predicted molar refractivity (Wildman–Crippen MR) is 308 cm³/mol. The van der Waals surface area contributed by atoms with Gasteiger partial charge in [-0.2, -0.15) is 19.9 Å². The number of hydrogen-bond donors (Lipinski definition) is 6. The predicted octanol–water partition coefficient (Wildman–Crippen LogP) is 1.31. The zero-order chi connectivity index (χ0) is 63.2. The number of ether oxygens (including phenoxy) is 10. The zero-order valence-electron chi connectivity index (χ0n) is 49.4. The van der Waals surface area contributed by atoms with Crippen molar-refractivity contribution in [2.45, 2.75) is 158 Å². The van der Waals surface area contributed by atoms with Crippen molar-refractivity contribution in [1.29, 1.82) is 0 Å². The zero-order valence-corrected chi connectivity index (χ0v) is 52.1. The highest BCUT2D eigenvalue weighted by Gasteiger charge is 2.51. The molecule has 4 aromatic heterocycles. The topological polar surface area (TPSA) is 430 Å². The maximum Gasteiger partial charge on any atom is 0.472 e. The van der Waals surface area contributed by atoms with Crippen LogP contribution in [0.2, 0.25) is 0 Å². The molecule has 10 N–H and O–H groups in total. The fourth-order valence-electron chi connectivity index (χ4n) is 9.88. The third-order valence-electron chi connectivity index (χ3n) is 14.2. The van der Waals surface area contributed by atoms with Crippen molar-refractivity contribution in [3.05, 3.63) is 90.5 Å². The monoisotopic (exact) mass is 1270 g/mol.